The van der Waals surface area contributed by atoms with Crippen molar-refractivity contribution in [3.05, 3.63) is 29.3 Å². The lowest BCUT2D eigenvalue weighted by atomic mass is 9.88. The molecule has 2 atom stereocenters. The van der Waals surface area contributed by atoms with E-state index in [2.05, 4.69) is 12.1 Å². The molecule has 0 heterocycles. The predicted octanol–water partition coefficient (Wildman–Crippen LogP) is 2.31. The largest absolute Gasteiger partial charge is 0.476 e. The van der Waals surface area contributed by atoms with Crippen LogP contribution in [0.4, 0.5) is 0 Å². The van der Waals surface area contributed by atoms with Gasteiger partial charge in [-0.25, -0.2) is 0 Å². The van der Waals surface area contributed by atoms with Gasteiger partial charge in [0.2, 0.25) is 0 Å². The molecule has 0 radical (unpaired) electrons. The molecular weight excluding hydrogens is 200 g/mol. The Morgan fingerprint density at radius 1 is 1.56 bits per heavy atom. The first-order valence-electron chi connectivity index (χ1n) is 5.65. The normalized spacial score (nSPS) is 20.7. The minimum absolute atomic E-state index is 0.115. The summed E-state index contributed by atoms with van der Waals surface area (Å²) in [5, 5.41) is 8.69. The summed E-state index contributed by atoms with van der Waals surface area (Å²) in [6.07, 6.45) is 2.86. The van der Waals surface area contributed by atoms with Crippen LogP contribution in [0.5, 0.6) is 5.75 Å². The molecule has 0 amide bonds. The van der Waals surface area contributed by atoms with Gasteiger partial charge in [-0.3, -0.25) is 0 Å². The van der Waals surface area contributed by atoms with E-state index in [9.17, 15) is 0 Å². The van der Waals surface area contributed by atoms with E-state index in [0.717, 1.165) is 25.0 Å². The van der Waals surface area contributed by atoms with Crippen molar-refractivity contribution < 1.29 is 4.74 Å². The van der Waals surface area contributed by atoms with Crippen molar-refractivity contribution in [3.63, 3.8) is 0 Å². The second kappa shape index (κ2) is 4.54. The molecule has 1 aliphatic rings. The van der Waals surface area contributed by atoms with E-state index in [1.54, 1.807) is 6.92 Å². The Hall–Kier alpha value is -1.53. The molecule has 0 spiro atoms. The molecular formula is C13H16N2O. The first kappa shape index (κ1) is 11.0. The lowest BCUT2D eigenvalue weighted by molar-refractivity contribution is 0.276. The van der Waals surface area contributed by atoms with Crippen LogP contribution in [0.25, 0.3) is 0 Å². The van der Waals surface area contributed by atoms with Gasteiger partial charge in [-0.05, 0) is 49.4 Å². The fourth-order valence-corrected chi connectivity index (χ4v) is 2.12. The third-order valence-corrected chi connectivity index (χ3v) is 2.97. The van der Waals surface area contributed by atoms with Crippen molar-refractivity contribution in [2.24, 2.45) is 5.73 Å². The fourth-order valence-electron chi connectivity index (χ4n) is 2.12. The lowest BCUT2D eigenvalue weighted by Gasteiger charge is -2.23. The minimum Gasteiger partial charge on any atom is -0.476 e. The number of ether oxygens (including phenoxy) is 1. The molecule has 16 heavy (non-hydrogen) atoms. The second-order valence-corrected chi connectivity index (χ2v) is 4.25. The molecule has 3 nitrogen and oxygen atoms in total. The van der Waals surface area contributed by atoms with Gasteiger partial charge in [-0.15, -0.1) is 0 Å². The van der Waals surface area contributed by atoms with Gasteiger partial charge in [-0.2, -0.15) is 5.26 Å². The van der Waals surface area contributed by atoms with E-state index in [1.165, 1.54) is 11.1 Å². The number of hydrogen-bond acceptors (Lipinski definition) is 3. The quantitative estimate of drug-likeness (QED) is 0.825. The van der Waals surface area contributed by atoms with Gasteiger partial charge in [-0.1, -0.05) is 6.07 Å². The van der Waals surface area contributed by atoms with Crippen LogP contribution in [0, 0.1) is 11.3 Å². The molecule has 0 bridgehead atoms. The number of nitriles is 1. The number of hydrogen-bond donors (Lipinski definition) is 1. The Morgan fingerprint density at radius 3 is 3.12 bits per heavy atom. The third-order valence-electron chi connectivity index (χ3n) is 2.97. The van der Waals surface area contributed by atoms with E-state index in [4.69, 9.17) is 15.7 Å². The lowest BCUT2D eigenvalue weighted by Crippen LogP contribution is -2.18. The number of nitrogens with zero attached hydrogens (tertiary/aromatic N) is 1. The van der Waals surface area contributed by atoms with Gasteiger partial charge >= 0.3 is 0 Å². The number of rotatable bonds is 2. The Bertz CT molecular complexity index is 422. The topological polar surface area (TPSA) is 59.0 Å². The summed E-state index contributed by atoms with van der Waals surface area (Å²) in [4.78, 5) is 0. The highest BCUT2D eigenvalue weighted by molar-refractivity contribution is 5.39. The highest BCUT2D eigenvalue weighted by Crippen LogP contribution is 2.31. The molecule has 1 aromatic carbocycles. The number of benzene rings is 1. The van der Waals surface area contributed by atoms with Crippen molar-refractivity contribution in [2.45, 2.75) is 38.3 Å². The summed E-state index contributed by atoms with van der Waals surface area (Å²) in [7, 11) is 0. The van der Waals surface area contributed by atoms with Crippen LogP contribution in [0.15, 0.2) is 18.2 Å². The molecule has 84 valence electrons. The SMILES string of the molecule is CC(C#N)Oc1ccc2c(c1)[C@H](N)CCC2. The molecule has 1 aromatic rings. The van der Waals surface area contributed by atoms with E-state index < -0.39 is 6.10 Å². The zero-order valence-electron chi connectivity index (χ0n) is 9.44. The first-order chi connectivity index (χ1) is 7.70. The summed E-state index contributed by atoms with van der Waals surface area (Å²) < 4.78 is 5.46. The van der Waals surface area contributed by atoms with Gasteiger partial charge < -0.3 is 10.5 Å². The highest BCUT2D eigenvalue weighted by atomic mass is 16.5. The van der Waals surface area contributed by atoms with Crippen molar-refractivity contribution in [1.82, 2.24) is 0 Å². The van der Waals surface area contributed by atoms with E-state index >= 15 is 0 Å². The van der Waals surface area contributed by atoms with Crippen molar-refractivity contribution in [3.8, 4) is 11.8 Å². The van der Waals surface area contributed by atoms with Crippen molar-refractivity contribution >= 4 is 0 Å². The maximum Gasteiger partial charge on any atom is 0.181 e. The van der Waals surface area contributed by atoms with E-state index in [0.29, 0.717) is 0 Å². The number of aryl methyl sites for hydroxylation is 1. The van der Waals surface area contributed by atoms with E-state index in [-0.39, 0.29) is 6.04 Å². The van der Waals surface area contributed by atoms with Gasteiger partial charge in [0.05, 0.1) is 0 Å². The zero-order chi connectivity index (χ0) is 11.5. The van der Waals surface area contributed by atoms with Gasteiger partial charge in [0.15, 0.2) is 6.10 Å². The highest BCUT2D eigenvalue weighted by Gasteiger charge is 2.17. The van der Waals surface area contributed by atoms with E-state index in [1.807, 2.05) is 12.1 Å². The maximum absolute atomic E-state index is 8.69. The summed E-state index contributed by atoms with van der Waals surface area (Å²) >= 11 is 0. The first-order valence-corrected chi connectivity index (χ1v) is 5.65. The second-order valence-electron chi connectivity index (χ2n) is 4.25. The molecule has 3 heteroatoms. The Morgan fingerprint density at radius 2 is 2.38 bits per heavy atom. The van der Waals surface area contributed by atoms with Crippen LogP contribution in [0.1, 0.15) is 36.9 Å². The monoisotopic (exact) mass is 216 g/mol. The van der Waals surface area contributed by atoms with Gasteiger partial charge in [0.25, 0.3) is 0 Å². The van der Waals surface area contributed by atoms with Crippen LogP contribution in [0.3, 0.4) is 0 Å². The summed E-state index contributed by atoms with van der Waals surface area (Å²) in [5.74, 6) is 0.741. The zero-order valence-corrected chi connectivity index (χ0v) is 9.44. The summed E-state index contributed by atoms with van der Waals surface area (Å²) in [6, 6.07) is 8.13. The Labute approximate surface area is 95.8 Å². The molecule has 1 unspecified atom stereocenters. The Kier molecular flexibility index (Phi) is 3.12. The molecule has 0 saturated carbocycles. The van der Waals surface area contributed by atoms with Crippen LogP contribution in [-0.4, -0.2) is 6.10 Å². The summed E-state index contributed by atoms with van der Waals surface area (Å²) in [6.45, 7) is 1.74. The molecule has 0 saturated heterocycles. The molecule has 2 rings (SSSR count). The van der Waals surface area contributed by atoms with Crippen LogP contribution < -0.4 is 10.5 Å². The average Bonchev–Trinajstić information content (AvgIpc) is 2.30. The fraction of sp³-hybridized carbons (Fsp3) is 0.462. The van der Waals surface area contributed by atoms with Gasteiger partial charge in [0.1, 0.15) is 11.8 Å². The van der Waals surface area contributed by atoms with Crippen LogP contribution >= 0.6 is 0 Å². The Balaban J connectivity index is 2.24. The molecule has 1 aliphatic carbocycles. The maximum atomic E-state index is 8.69. The molecule has 0 fully saturated rings. The minimum atomic E-state index is -0.419. The smallest absolute Gasteiger partial charge is 0.181 e. The number of nitrogens with two attached hydrogens (primary N) is 1. The average molecular weight is 216 g/mol. The molecule has 0 aromatic heterocycles. The van der Waals surface area contributed by atoms with Crippen LogP contribution in [-0.2, 0) is 6.42 Å². The third kappa shape index (κ3) is 2.17. The van der Waals surface area contributed by atoms with Crippen molar-refractivity contribution in [2.75, 3.05) is 0 Å². The number of fused-ring (bicyclic) bond motifs is 1. The molecule has 0 aliphatic heterocycles. The van der Waals surface area contributed by atoms with Crippen molar-refractivity contribution in [1.29, 1.82) is 5.26 Å². The standard InChI is InChI=1S/C13H16N2O/c1-9(8-14)16-11-6-5-10-3-2-4-13(15)12(10)7-11/h5-7,9,13H,2-4,15H2,1H3/t9?,13-/m1/s1. The molecule has 2 N–H and O–H groups in total. The predicted molar refractivity (Wildman–Crippen MR) is 62.0 cm³/mol. The van der Waals surface area contributed by atoms with Crippen LogP contribution in [0.2, 0.25) is 0 Å². The van der Waals surface area contributed by atoms with Gasteiger partial charge in [0, 0.05) is 6.04 Å². The summed E-state index contributed by atoms with van der Waals surface area (Å²) in [5.41, 5.74) is 8.55.